The van der Waals surface area contributed by atoms with E-state index >= 15 is 0 Å². The van der Waals surface area contributed by atoms with E-state index in [4.69, 9.17) is 14.2 Å². The van der Waals surface area contributed by atoms with Crippen molar-refractivity contribution in [2.24, 2.45) is 0 Å². The molecule has 69 heavy (non-hydrogen) atoms. The van der Waals surface area contributed by atoms with Crippen LogP contribution in [0.5, 0.6) is 0 Å². The third-order valence-corrected chi connectivity index (χ3v) is 11.9. The van der Waals surface area contributed by atoms with Crippen LogP contribution in [0.15, 0.2) is 109 Å². The van der Waals surface area contributed by atoms with Crippen molar-refractivity contribution in [3.8, 4) is 0 Å². The van der Waals surface area contributed by atoms with Crippen LogP contribution < -0.4 is 0 Å². The molecular weight excluding hydrogens is 853 g/mol. The van der Waals surface area contributed by atoms with E-state index in [9.17, 15) is 14.4 Å². The lowest BCUT2D eigenvalue weighted by atomic mass is 10.1. The van der Waals surface area contributed by atoms with Gasteiger partial charge in [-0.05, 0) is 96.3 Å². The number of hydrogen-bond acceptors (Lipinski definition) is 6. The summed E-state index contributed by atoms with van der Waals surface area (Å²) in [5.74, 6) is -0.945. The molecule has 0 spiro atoms. The van der Waals surface area contributed by atoms with Crippen LogP contribution in [0.1, 0.15) is 252 Å². The van der Waals surface area contributed by atoms with Crippen molar-refractivity contribution < 1.29 is 28.6 Å². The van der Waals surface area contributed by atoms with Gasteiger partial charge in [-0.1, -0.05) is 246 Å². The van der Waals surface area contributed by atoms with Crippen molar-refractivity contribution in [3.63, 3.8) is 0 Å². The van der Waals surface area contributed by atoms with Crippen LogP contribution in [0.25, 0.3) is 0 Å². The Morgan fingerprint density at radius 1 is 0.319 bits per heavy atom. The monoisotopic (exact) mass is 957 g/mol. The number of carbonyl (C=O) groups excluding carboxylic acids is 3. The van der Waals surface area contributed by atoms with Gasteiger partial charge in [-0.3, -0.25) is 14.4 Å². The Morgan fingerprint density at radius 3 is 1.09 bits per heavy atom. The fraction of sp³-hybridized carbons (Fsp3) is 0.667. The second kappa shape index (κ2) is 56.7. The van der Waals surface area contributed by atoms with Gasteiger partial charge in [-0.2, -0.15) is 0 Å². The molecule has 392 valence electrons. The van der Waals surface area contributed by atoms with Gasteiger partial charge in [0.05, 0.1) is 0 Å². The normalized spacial score (nSPS) is 12.9. The summed E-state index contributed by atoms with van der Waals surface area (Å²) in [7, 11) is 0. The molecule has 0 aromatic rings. The highest BCUT2D eigenvalue weighted by Gasteiger charge is 2.19. The summed E-state index contributed by atoms with van der Waals surface area (Å²) in [6, 6.07) is 0. The van der Waals surface area contributed by atoms with Crippen LogP contribution in [0.2, 0.25) is 0 Å². The number of allylic oxidation sites excluding steroid dienone is 18. The second-order valence-electron chi connectivity index (χ2n) is 18.6. The highest BCUT2D eigenvalue weighted by atomic mass is 16.6. The van der Waals surface area contributed by atoms with Crippen molar-refractivity contribution in [2.75, 3.05) is 13.2 Å². The van der Waals surface area contributed by atoms with Crippen molar-refractivity contribution in [2.45, 2.75) is 258 Å². The standard InChI is InChI=1S/C63H104O6/c1-4-7-10-13-16-19-22-25-27-29-31-33-35-38-41-44-47-50-53-56-62(65)68-59-60(58-67-61(64)55-52-49-46-43-40-37-24-21-18-15-12-9-6-3)69-63(66)57-54-51-48-45-42-39-36-34-32-30-28-26-23-20-17-14-11-8-5-2/h7,9-10,12,15-21,23-27,37,40,60H,4-6,8,11,13-14,22,28-36,38-39,41-59H2,1-3H3/b10-7+,12-9+,18-15+,19-16+,20-17+,24-21+,26-23+,27-25+,40-37+. The first kappa shape index (κ1) is 65.1. The summed E-state index contributed by atoms with van der Waals surface area (Å²) < 4.78 is 16.8. The summed E-state index contributed by atoms with van der Waals surface area (Å²) in [6.07, 6.45) is 76.5. The van der Waals surface area contributed by atoms with E-state index in [1.165, 1.54) is 122 Å². The fourth-order valence-electron chi connectivity index (χ4n) is 7.63. The van der Waals surface area contributed by atoms with Crippen LogP contribution in [0, 0.1) is 0 Å². The number of ether oxygens (including phenoxy) is 3. The van der Waals surface area contributed by atoms with Gasteiger partial charge in [0.1, 0.15) is 13.2 Å². The minimum absolute atomic E-state index is 0.0963. The van der Waals surface area contributed by atoms with E-state index < -0.39 is 6.10 Å². The van der Waals surface area contributed by atoms with Crippen molar-refractivity contribution in [1.29, 1.82) is 0 Å². The number of rotatable bonds is 50. The number of carbonyl (C=O) groups is 3. The second-order valence-corrected chi connectivity index (χ2v) is 18.6. The molecule has 0 aromatic heterocycles. The lowest BCUT2D eigenvalue weighted by Crippen LogP contribution is -2.30. The molecule has 0 amide bonds. The molecule has 0 saturated carbocycles. The van der Waals surface area contributed by atoms with Gasteiger partial charge in [0.25, 0.3) is 0 Å². The van der Waals surface area contributed by atoms with E-state index in [2.05, 4.69) is 99.8 Å². The Bertz CT molecular complexity index is 1420. The summed E-state index contributed by atoms with van der Waals surface area (Å²) in [6.45, 7) is 6.32. The fourth-order valence-corrected chi connectivity index (χ4v) is 7.63. The van der Waals surface area contributed by atoms with Crippen LogP contribution in [0.3, 0.4) is 0 Å². The molecule has 0 aliphatic heterocycles. The topological polar surface area (TPSA) is 78.9 Å². The highest BCUT2D eigenvalue weighted by Crippen LogP contribution is 2.15. The summed E-state index contributed by atoms with van der Waals surface area (Å²) >= 11 is 0. The number of unbranched alkanes of at least 4 members (excludes halogenated alkanes) is 25. The maximum atomic E-state index is 12.9. The van der Waals surface area contributed by atoms with E-state index in [-0.39, 0.29) is 31.1 Å². The SMILES string of the molecule is CC/C=C/C=C/C=C/C=C/CCCCCC(=O)OCC(COC(=O)CCCCCCCCCCC/C=C/C/C=C/C/C=C/CC)OC(=O)CCCCCCCCCCCC/C=C/C=C/CCCCC. The molecule has 6 nitrogen and oxygen atoms in total. The Hall–Kier alpha value is -3.93. The van der Waals surface area contributed by atoms with Crippen LogP contribution in [0.4, 0.5) is 0 Å². The van der Waals surface area contributed by atoms with Gasteiger partial charge < -0.3 is 14.2 Å². The predicted molar refractivity (Wildman–Crippen MR) is 297 cm³/mol. The molecule has 1 unspecified atom stereocenters. The Morgan fingerprint density at radius 2 is 0.638 bits per heavy atom. The molecule has 0 fully saturated rings. The third-order valence-electron chi connectivity index (χ3n) is 11.9. The lowest BCUT2D eigenvalue weighted by molar-refractivity contribution is -0.167. The quantitative estimate of drug-likeness (QED) is 0.0199. The molecule has 0 bridgehead atoms. The number of hydrogen-bond donors (Lipinski definition) is 0. The first-order chi connectivity index (χ1) is 34.0. The predicted octanol–water partition coefficient (Wildman–Crippen LogP) is 19.1. The van der Waals surface area contributed by atoms with Crippen molar-refractivity contribution >= 4 is 17.9 Å². The van der Waals surface area contributed by atoms with Crippen LogP contribution in [-0.4, -0.2) is 37.2 Å². The zero-order valence-corrected chi connectivity index (χ0v) is 44.8. The Labute approximate surface area is 425 Å². The van der Waals surface area contributed by atoms with Crippen molar-refractivity contribution in [3.05, 3.63) is 109 Å². The van der Waals surface area contributed by atoms with E-state index in [0.29, 0.717) is 19.3 Å². The molecule has 0 radical (unpaired) electrons. The molecule has 0 saturated heterocycles. The van der Waals surface area contributed by atoms with Crippen LogP contribution >= 0.6 is 0 Å². The first-order valence-electron chi connectivity index (χ1n) is 28.5. The molecule has 6 heteroatoms. The molecule has 0 N–H and O–H groups in total. The summed E-state index contributed by atoms with van der Waals surface area (Å²) in [5.41, 5.74) is 0. The first-order valence-corrected chi connectivity index (χ1v) is 28.5. The van der Waals surface area contributed by atoms with E-state index in [0.717, 1.165) is 89.9 Å². The smallest absolute Gasteiger partial charge is 0.306 e. The minimum atomic E-state index is -0.801. The Balaban J connectivity index is 4.42. The van der Waals surface area contributed by atoms with E-state index in [1.807, 2.05) is 30.4 Å². The molecule has 0 aliphatic carbocycles. The van der Waals surface area contributed by atoms with Gasteiger partial charge in [0.2, 0.25) is 0 Å². The van der Waals surface area contributed by atoms with E-state index in [1.54, 1.807) is 0 Å². The molecule has 0 aliphatic rings. The average Bonchev–Trinajstić information content (AvgIpc) is 3.35. The van der Waals surface area contributed by atoms with Gasteiger partial charge in [-0.25, -0.2) is 0 Å². The Kier molecular flexibility index (Phi) is 53.4. The summed E-state index contributed by atoms with van der Waals surface area (Å²) in [5, 5.41) is 0. The molecular formula is C63H104O6. The van der Waals surface area contributed by atoms with Gasteiger partial charge >= 0.3 is 17.9 Å². The van der Waals surface area contributed by atoms with Gasteiger partial charge in [0.15, 0.2) is 6.10 Å². The third kappa shape index (κ3) is 54.9. The van der Waals surface area contributed by atoms with Crippen LogP contribution in [-0.2, 0) is 28.6 Å². The lowest BCUT2D eigenvalue weighted by Gasteiger charge is -2.18. The zero-order valence-electron chi connectivity index (χ0n) is 44.8. The van der Waals surface area contributed by atoms with Crippen molar-refractivity contribution in [1.82, 2.24) is 0 Å². The highest BCUT2D eigenvalue weighted by molar-refractivity contribution is 5.71. The molecule has 0 aromatic carbocycles. The average molecular weight is 958 g/mol. The molecule has 0 rings (SSSR count). The molecule has 0 heterocycles. The maximum absolute atomic E-state index is 12.9. The van der Waals surface area contributed by atoms with Gasteiger partial charge in [-0.15, -0.1) is 0 Å². The zero-order chi connectivity index (χ0) is 50.0. The molecule has 1 atom stereocenters. The summed E-state index contributed by atoms with van der Waals surface area (Å²) in [4.78, 5) is 38.1. The maximum Gasteiger partial charge on any atom is 0.306 e. The van der Waals surface area contributed by atoms with Gasteiger partial charge in [0, 0.05) is 19.3 Å². The minimum Gasteiger partial charge on any atom is -0.462 e. The number of esters is 3. The largest absolute Gasteiger partial charge is 0.462 e.